The molecule has 38 heavy (non-hydrogen) atoms. The fraction of sp³-hybridized carbons (Fsp3) is 0.222. The van der Waals surface area contributed by atoms with Gasteiger partial charge in [-0.25, -0.2) is 8.78 Å². The van der Waals surface area contributed by atoms with Gasteiger partial charge in [0.25, 0.3) is 0 Å². The molecule has 8 N–H and O–H groups in total. The zero-order valence-corrected chi connectivity index (χ0v) is 20.2. The number of primary amides is 1. The summed E-state index contributed by atoms with van der Waals surface area (Å²) in [5.74, 6) is -4.48. The third-order valence-corrected chi connectivity index (χ3v) is 5.89. The predicted octanol–water partition coefficient (Wildman–Crippen LogP) is 1.19. The van der Waals surface area contributed by atoms with Gasteiger partial charge >= 0.3 is 0 Å². The number of aromatic hydroxyl groups is 2. The molecule has 0 heterocycles. The van der Waals surface area contributed by atoms with E-state index < -0.39 is 53.2 Å². The summed E-state index contributed by atoms with van der Waals surface area (Å²) in [4.78, 5) is 38.1. The number of nitrogens with two attached hydrogens (primary N) is 2. The maximum absolute atomic E-state index is 14.4. The van der Waals surface area contributed by atoms with Gasteiger partial charge in [0.15, 0.2) is 11.5 Å². The van der Waals surface area contributed by atoms with Crippen molar-refractivity contribution < 1.29 is 33.4 Å². The number of phenols is 2. The van der Waals surface area contributed by atoms with Crippen LogP contribution in [0.3, 0.4) is 0 Å². The molecule has 3 rings (SSSR count). The molecular weight excluding hydrogens is 498 g/mol. The summed E-state index contributed by atoms with van der Waals surface area (Å²) >= 11 is 0. The molecule has 9 nitrogen and oxygen atoms in total. The Morgan fingerprint density at radius 3 is 1.84 bits per heavy atom. The summed E-state index contributed by atoms with van der Waals surface area (Å²) in [5, 5.41) is 24.1. The Hall–Kier alpha value is -4.51. The van der Waals surface area contributed by atoms with Crippen molar-refractivity contribution in [1.82, 2.24) is 10.6 Å². The van der Waals surface area contributed by atoms with Crippen LogP contribution in [0, 0.1) is 11.6 Å². The van der Waals surface area contributed by atoms with E-state index in [4.69, 9.17) is 11.5 Å². The van der Waals surface area contributed by atoms with Crippen molar-refractivity contribution in [1.29, 1.82) is 0 Å². The van der Waals surface area contributed by atoms with Gasteiger partial charge in [0.2, 0.25) is 17.7 Å². The summed E-state index contributed by atoms with van der Waals surface area (Å²) < 4.78 is 28.4. The monoisotopic (exact) mass is 526 g/mol. The SMILES string of the molecule is NC(=O)C(Cc1ccc(O)c(O)c1)NC(=O)C(Cc1ccccc1F)NC(=O)C(N)Cc1ccccc1F. The number of amides is 3. The highest BCUT2D eigenvalue weighted by molar-refractivity contribution is 5.93. The van der Waals surface area contributed by atoms with Crippen LogP contribution in [0.4, 0.5) is 8.78 Å². The van der Waals surface area contributed by atoms with E-state index in [1.54, 1.807) is 12.1 Å². The molecule has 0 aromatic heterocycles. The quantitative estimate of drug-likeness (QED) is 0.205. The molecule has 3 amide bonds. The maximum atomic E-state index is 14.4. The number of benzene rings is 3. The van der Waals surface area contributed by atoms with E-state index >= 15 is 0 Å². The van der Waals surface area contributed by atoms with E-state index in [0.717, 1.165) is 0 Å². The van der Waals surface area contributed by atoms with Crippen molar-refractivity contribution in [2.45, 2.75) is 37.4 Å². The zero-order valence-electron chi connectivity index (χ0n) is 20.2. The van der Waals surface area contributed by atoms with Gasteiger partial charge in [0.1, 0.15) is 23.7 Å². The van der Waals surface area contributed by atoms with Gasteiger partial charge in [-0.3, -0.25) is 14.4 Å². The first kappa shape index (κ1) is 28.1. The first-order valence-electron chi connectivity index (χ1n) is 11.7. The van der Waals surface area contributed by atoms with Crippen molar-refractivity contribution in [3.05, 3.63) is 95.1 Å². The normalized spacial score (nSPS) is 13.2. The average molecular weight is 527 g/mol. The minimum absolute atomic E-state index is 0.120. The molecule has 3 aromatic carbocycles. The van der Waals surface area contributed by atoms with Crippen LogP contribution in [-0.4, -0.2) is 46.1 Å². The van der Waals surface area contributed by atoms with Crippen molar-refractivity contribution in [3.63, 3.8) is 0 Å². The number of phenolic OH excluding ortho intramolecular Hbond substituents is 2. The van der Waals surface area contributed by atoms with Gasteiger partial charge < -0.3 is 32.3 Å². The largest absolute Gasteiger partial charge is 0.504 e. The summed E-state index contributed by atoms with van der Waals surface area (Å²) in [7, 11) is 0. The smallest absolute Gasteiger partial charge is 0.243 e. The first-order chi connectivity index (χ1) is 18.0. The van der Waals surface area contributed by atoms with Gasteiger partial charge in [-0.2, -0.15) is 0 Å². The minimum atomic E-state index is -1.36. The van der Waals surface area contributed by atoms with Crippen LogP contribution in [0.2, 0.25) is 0 Å². The first-order valence-corrected chi connectivity index (χ1v) is 11.7. The Labute approximate surface area is 217 Å². The number of halogens is 2. The molecule has 0 spiro atoms. The van der Waals surface area contributed by atoms with Crippen LogP contribution in [0.25, 0.3) is 0 Å². The summed E-state index contributed by atoms with van der Waals surface area (Å²) in [6, 6.07) is 11.4. The third-order valence-electron chi connectivity index (χ3n) is 5.89. The maximum Gasteiger partial charge on any atom is 0.243 e. The molecule has 0 bridgehead atoms. The van der Waals surface area contributed by atoms with Gasteiger partial charge in [0.05, 0.1) is 6.04 Å². The minimum Gasteiger partial charge on any atom is -0.504 e. The standard InChI is InChI=1S/C27H28F2N4O5/c28-18-7-3-1-5-16(18)13-20(30)26(37)33-22(14-17-6-2-4-8-19(17)29)27(38)32-21(25(31)36)11-15-9-10-23(34)24(35)12-15/h1-10,12,20-22,34-35H,11,13-14,30H2,(H2,31,36)(H,32,38)(H,33,37). The number of hydrogen-bond donors (Lipinski definition) is 6. The van der Waals surface area contributed by atoms with Crippen molar-refractivity contribution >= 4 is 17.7 Å². The molecular formula is C27H28F2N4O5. The molecule has 0 radical (unpaired) electrons. The van der Waals surface area contributed by atoms with Crippen LogP contribution < -0.4 is 22.1 Å². The van der Waals surface area contributed by atoms with E-state index in [-0.39, 0.29) is 36.1 Å². The topological polar surface area (TPSA) is 168 Å². The van der Waals surface area contributed by atoms with Crippen LogP contribution >= 0.6 is 0 Å². The molecule has 0 aliphatic carbocycles. The number of carbonyl (C=O) groups is 3. The average Bonchev–Trinajstić information content (AvgIpc) is 2.87. The van der Waals surface area contributed by atoms with Crippen molar-refractivity contribution in [2.75, 3.05) is 0 Å². The predicted molar refractivity (Wildman–Crippen MR) is 135 cm³/mol. The van der Waals surface area contributed by atoms with Gasteiger partial charge in [-0.1, -0.05) is 42.5 Å². The van der Waals surface area contributed by atoms with Crippen molar-refractivity contribution in [2.24, 2.45) is 11.5 Å². The van der Waals surface area contributed by atoms with E-state index in [9.17, 15) is 33.4 Å². The van der Waals surface area contributed by atoms with Crippen LogP contribution in [0.1, 0.15) is 16.7 Å². The molecule has 0 aliphatic rings. The molecule has 0 fully saturated rings. The molecule has 11 heteroatoms. The van der Waals surface area contributed by atoms with Gasteiger partial charge in [-0.05, 0) is 47.4 Å². The van der Waals surface area contributed by atoms with E-state index in [1.165, 1.54) is 54.6 Å². The molecule has 0 saturated heterocycles. The molecule has 0 aliphatic heterocycles. The number of hydrogen-bond acceptors (Lipinski definition) is 6. The van der Waals surface area contributed by atoms with Gasteiger partial charge in [-0.15, -0.1) is 0 Å². The van der Waals surface area contributed by atoms with Crippen LogP contribution in [0.5, 0.6) is 11.5 Å². The van der Waals surface area contributed by atoms with Gasteiger partial charge in [0, 0.05) is 12.8 Å². The van der Waals surface area contributed by atoms with Crippen LogP contribution in [-0.2, 0) is 33.6 Å². The Balaban J connectivity index is 1.79. The highest BCUT2D eigenvalue weighted by Crippen LogP contribution is 2.25. The van der Waals surface area contributed by atoms with Crippen LogP contribution in [0.15, 0.2) is 66.7 Å². The molecule has 3 atom stereocenters. The lowest BCUT2D eigenvalue weighted by molar-refractivity contribution is -0.131. The number of rotatable bonds is 11. The molecule has 200 valence electrons. The Morgan fingerprint density at radius 2 is 1.29 bits per heavy atom. The van der Waals surface area contributed by atoms with E-state index in [2.05, 4.69) is 10.6 Å². The van der Waals surface area contributed by atoms with E-state index in [0.29, 0.717) is 5.56 Å². The number of nitrogens with one attached hydrogen (secondary N) is 2. The molecule has 3 aromatic rings. The Morgan fingerprint density at radius 1 is 0.737 bits per heavy atom. The third kappa shape index (κ3) is 7.50. The zero-order chi connectivity index (χ0) is 27.8. The van der Waals surface area contributed by atoms with E-state index in [1.807, 2.05) is 0 Å². The second-order valence-electron chi connectivity index (χ2n) is 8.75. The fourth-order valence-corrected chi connectivity index (χ4v) is 3.79. The second-order valence-corrected chi connectivity index (χ2v) is 8.75. The molecule has 3 unspecified atom stereocenters. The lowest BCUT2D eigenvalue weighted by Crippen LogP contribution is -2.56. The Kier molecular flexibility index (Phi) is 9.33. The van der Waals surface area contributed by atoms with Crippen molar-refractivity contribution in [3.8, 4) is 11.5 Å². The second kappa shape index (κ2) is 12.6. The lowest BCUT2D eigenvalue weighted by Gasteiger charge is -2.24. The Bertz CT molecular complexity index is 1320. The lowest BCUT2D eigenvalue weighted by atomic mass is 10.0. The highest BCUT2D eigenvalue weighted by Gasteiger charge is 2.29. The summed E-state index contributed by atoms with van der Waals surface area (Å²) in [6.07, 6.45) is -0.564. The highest BCUT2D eigenvalue weighted by atomic mass is 19.1. The molecule has 0 saturated carbocycles. The fourth-order valence-electron chi connectivity index (χ4n) is 3.79. The summed E-state index contributed by atoms with van der Waals surface area (Å²) in [6.45, 7) is 0. The number of carbonyl (C=O) groups excluding carboxylic acids is 3. The summed E-state index contributed by atoms with van der Waals surface area (Å²) in [5.41, 5.74) is 12.1.